The highest BCUT2D eigenvalue weighted by Gasteiger charge is 2.28. The normalized spacial score (nSPS) is 11.7. The highest BCUT2D eigenvalue weighted by atomic mass is 32.2. The van der Waals surface area contributed by atoms with Gasteiger partial charge in [-0.15, -0.1) is 0 Å². The van der Waals surface area contributed by atoms with Crippen LogP contribution in [0.25, 0.3) is 0 Å². The fourth-order valence-electron chi connectivity index (χ4n) is 3.57. The molecule has 1 amide bonds. The van der Waals surface area contributed by atoms with E-state index in [1.165, 1.54) is 50.6 Å². The number of carbonyl (C=O) groups is 1. The highest BCUT2D eigenvalue weighted by Crippen LogP contribution is 2.30. The summed E-state index contributed by atoms with van der Waals surface area (Å²) in [5.41, 5.74) is 1.16. The van der Waals surface area contributed by atoms with E-state index in [4.69, 9.17) is 9.47 Å². The molecule has 38 heavy (non-hydrogen) atoms. The number of benzene rings is 3. The average molecular weight is 562 g/mol. The number of nitrogens with one attached hydrogen (secondary N) is 2. The van der Waals surface area contributed by atoms with E-state index in [9.17, 15) is 21.6 Å². The molecule has 10 nitrogen and oxygen atoms in total. The Hall–Kier alpha value is -3.61. The first-order valence-electron chi connectivity index (χ1n) is 11.6. The van der Waals surface area contributed by atoms with Crippen molar-refractivity contribution in [2.75, 3.05) is 30.4 Å². The number of sulfonamides is 2. The predicted molar refractivity (Wildman–Crippen MR) is 146 cm³/mol. The standard InChI is InChI=1S/C26H31N3O7S2/c1-18(2)28-37(31,32)23-13-14-25(36-5)24(16-23)27-26(30)17-29(20-7-6-8-21(15-20)35-4)38(33,34)22-11-9-19(3)10-12-22/h6-16,18,28H,17H2,1-5H3,(H,27,30). The van der Waals surface area contributed by atoms with Crippen LogP contribution in [-0.4, -0.2) is 49.5 Å². The van der Waals surface area contributed by atoms with E-state index >= 15 is 0 Å². The van der Waals surface area contributed by atoms with Crippen LogP contribution in [0.5, 0.6) is 11.5 Å². The number of ether oxygens (including phenoxy) is 2. The Bertz CT molecular complexity index is 1500. The molecule has 0 aromatic heterocycles. The molecule has 0 aliphatic rings. The Morgan fingerprint density at radius 1 is 0.895 bits per heavy atom. The summed E-state index contributed by atoms with van der Waals surface area (Å²) in [5.74, 6) is -0.103. The zero-order chi connectivity index (χ0) is 28.1. The number of nitrogens with zero attached hydrogens (tertiary/aromatic N) is 1. The Balaban J connectivity index is 1.99. The monoisotopic (exact) mass is 561 g/mol. The zero-order valence-corrected chi connectivity index (χ0v) is 23.4. The molecule has 3 aromatic rings. The molecular formula is C26H31N3O7S2. The SMILES string of the molecule is COc1cccc(N(CC(=O)Nc2cc(S(=O)(=O)NC(C)C)ccc2OC)S(=O)(=O)c2ccc(C)cc2)c1. The van der Waals surface area contributed by atoms with Crippen LogP contribution in [0.4, 0.5) is 11.4 Å². The van der Waals surface area contributed by atoms with Crippen LogP contribution in [-0.2, 0) is 24.8 Å². The minimum Gasteiger partial charge on any atom is -0.497 e. The third-order valence-electron chi connectivity index (χ3n) is 5.38. The Labute approximate surface area is 223 Å². The largest absolute Gasteiger partial charge is 0.497 e. The van der Waals surface area contributed by atoms with Crippen LogP contribution in [0.15, 0.2) is 76.5 Å². The van der Waals surface area contributed by atoms with E-state index < -0.39 is 32.5 Å². The summed E-state index contributed by atoms with van der Waals surface area (Å²) < 4.78 is 66.5. The van der Waals surface area contributed by atoms with Crippen molar-refractivity contribution in [1.29, 1.82) is 0 Å². The molecule has 0 spiro atoms. The van der Waals surface area contributed by atoms with E-state index in [0.717, 1.165) is 9.87 Å². The molecule has 2 N–H and O–H groups in total. The second-order valence-electron chi connectivity index (χ2n) is 8.71. The fourth-order valence-corrected chi connectivity index (χ4v) is 6.26. The average Bonchev–Trinajstić information content (AvgIpc) is 2.86. The molecule has 0 aliphatic carbocycles. The lowest BCUT2D eigenvalue weighted by atomic mass is 10.2. The summed E-state index contributed by atoms with van der Waals surface area (Å²) >= 11 is 0. The third kappa shape index (κ3) is 6.82. The lowest BCUT2D eigenvalue weighted by Gasteiger charge is -2.25. The number of anilines is 2. The van der Waals surface area contributed by atoms with Crippen molar-refractivity contribution in [1.82, 2.24) is 4.72 Å². The first-order chi connectivity index (χ1) is 17.9. The lowest BCUT2D eigenvalue weighted by molar-refractivity contribution is -0.114. The van der Waals surface area contributed by atoms with E-state index in [1.807, 2.05) is 6.92 Å². The van der Waals surface area contributed by atoms with Gasteiger partial charge in [0.25, 0.3) is 10.0 Å². The van der Waals surface area contributed by atoms with Crippen molar-refractivity contribution < 1.29 is 31.1 Å². The van der Waals surface area contributed by atoms with Crippen molar-refractivity contribution >= 4 is 37.3 Å². The van der Waals surface area contributed by atoms with Gasteiger partial charge in [-0.25, -0.2) is 21.6 Å². The molecule has 0 fully saturated rings. The Morgan fingerprint density at radius 2 is 1.55 bits per heavy atom. The van der Waals surface area contributed by atoms with Crippen molar-refractivity contribution in [2.24, 2.45) is 0 Å². The maximum Gasteiger partial charge on any atom is 0.264 e. The van der Waals surface area contributed by atoms with Gasteiger partial charge < -0.3 is 14.8 Å². The maximum atomic E-state index is 13.6. The van der Waals surface area contributed by atoms with Gasteiger partial charge in [-0.3, -0.25) is 9.10 Å². The van der Waals surface area contributed by atoms with Gasteiger partial charge in [-0.1, -0.05) is 23.8 Å². The van der Waals surface area contributed by atoms with E-state index in [-0.39, 0.29) is 33.0 Å². The fraction of sp³-hybridized carbons (Fsp3) is 0.269. The van der Waals surface area contributed by atoms with Crippen LogP contribution in [0.3, 0.4) is 0 Å². The van der Waals surface area contributed by atoms with Crippen LogP contribution in [0, 0.1) is 6.92 Å². The van der Waals surface area contributed by atoms with Gasteiger partial charge in [0.15, 0.2) is 0 Å². The minimum atomic E-state index is -4.16. The number of hydrogen-bond acceptors (Lipinski definition) is 7. The molecule has 204 valence electrons. The van der Waals surface area contributed by atoms with Gasteiger partial charge in [0, 0.05) is 12.1 Å². The van der Waals surface area contributed by atoms with Gasteiger partial charge in [-0.2, -0.15) is 0 Å². The van der Waals surface area contributed by atoms with Crippen molar-refractivity contribution in [3.8, 4) is 11.5 Å². The van der Waals surface area contributed by atoms with E-state index in [2.05, 4.69) is 10.0 Å². The smallest absolute Gasteiger partial charge is 0.264 e. The number of hydrogen-bond donors (Lipinski definition) is 2. The van der Waals surface area contributed by atoms with Crippen molar-refractivity contribution in [2.45, 2.75) is 36.6 Å². The predicted octanol–water partition coefficient (Wildman–Crippen LogP) is 3.53. The summed E-state index contributed by atoms with van der Waals surface area (Å²) in [6.07, 6.45) is 0. The van der Waals surface area contributed by atoms with Crippen LogP contribution in [0.1, 0.15) is 19.4 Å². The van der Waals surface area contributed by atoms with Gasteiger partial charge in [0.05, 0.1) is 35.4 Å². The highest BCUT2D eigenvalue weighted by molar-refractivity contribution is 7.92. The number of methoxy groups -OCH3 is 2. The minimum absolute atomic E-state index is 0.00384. The van der Waals surface area contributed by atoms with Gasteiger partial charge in [-0.05, 0) is 63.2 Å². The van der Waals surface area contributed by atoms with E-state index in [1.54, 1.807) is 44.2 Å². The Kier molecular flexibility index (Phi) is 9.02. The van der Waals surface area contributed by atoms with Crippen LogP contribution in [0.2, 0.25) is 0 Å². The first-order valence-corrected chi connectivity index (χ1v) is 14.5. The molecule has 3 aromatic carbocycles. The maximum absolute atomic E-state index is 13.6. The molecule has 0 saturated heterocycles. The third-order valence-corrected chi connectivity index (χ3v) is 8.83. The van der Waals surface area contributed by atoms with Crippen LogP contribution < -0.4 is 23.8 Å². The van der Waals surface area contributed by atoms with Gasteiger partial charge in [0.1, 0.15) is 18.0 Å². The molecular weight excluding hydrogens is 530 g/mol. The van der Waals surface area contributed by atoms with Crippen molar-refractivity contribution in [3.05, 3.63) is 72.3 Å². The first kappa shape index (κ1) is 29.0. The quantitative estimate of drug-likeness (QED) is 0.366. The number of amides is 1. The zero-order valence-electron chi connectivity index (χ0n) is 21.8. The molecule has 0 aliphatic heterocycles. The number of aryl methyl sites for hydroxylation is 1. The summed E-state index contributed by atoms with van der Waals surface area (Å²) in [4.78, 5) is 13.1. The molecule has 0 saturated carbocycles. The molecule has 0 bridgehead atoms. The summed E-state index contributed by atoms with van der Waals surface area (Å²) in [7, 11) is -5.20. The lowest BCUT2D eigenvalue weighted by Crippen LogP contribution is -2.38. The van der Waals surface area contributed by atoms with Gasteiger partial charge >= 0.3 is 0 Å². The summed E-state index contributed by atoms with van der Waals surface area (Å²) in [5, 5.41) is 2.60. The molecule has 0 radical (unpaired) electrons. The second-order valence-corrected chi connectivity index (χ2v) is 12.3. The second kappa shape index (κ2) is 11.8. The molecule has 0 heterocycles. The van der Waals surface area contributed by atoms with Gasteiger partial charge in [0.2, 0.25) is 15.9 Å². The number of carbonyl (C=O) groups excluding carboxylic acids is 1. The van der Waals surface area contributed by atoms with Crippen LogP contribution >= 0.6 is 0 Å². The topological polar surface area (TPSA) is 131 Å². The molecule has 0 atom stereocenters. The Morgan fingerprint density at radius 3 is 2.16 bits per heavy atom. The number of rotatable bonds is 11. The molecule has 0 unspecified atom stereocenters. The summed E-state index contributed by atoms with van der Waals surface area (Å²) in [6.45, 7) is 4.60. The van der Waals surface area contributed by atoms with Crippen molar-refractivity contribution in [3.63, 3.8) is 0 Å². The molecule has 3 rings (SSSR count). The summed E-state index contributed by atoms with van der Waals surface area (Å²) in [6, 6.07) is 16.3. The molecule has 12 heteroatoms. The van der Waals surface area contributed by atoms with E-state index in [0.29, 0.717) is 5.75 Å².